The lowest BCUT2D eigenvalue weighted by atomic mass is 10.1. The van der Waals surface area contributed by atoms with Crippen LogP contribution in [0.25, 0.3) is 0 Å². The zero-order valence-electron chi connectivity index (χ0n) is 16.3. The van der Waals surface area contributed by atoms with E-state index in [1.54, 1.807) is 37.5 Å². The van der Waals surface area contributed by atoms with E-state index in [4.69, 9.17) is 9.47 Å². The Morgan fingerprint density at radius 3 is 2.52 bits per heavy atom. The molecule has 0 spiro atoms. The van der Waals surface area contributed by atoms with Gasteiger partial charge in [0.1, 0.15) is 29.4 Å². The number of hydrogen-bond acceptors (Lipinski definition) is 5. The van der Waals surface area contributed by atoms with E-state index in [0.717, 1.165) is 12.5 Å². The van der Waals surface area contributed by atoms with Crippen LogP contribution in [0.3, 0.4) is 0 Å². The second kappa shape index (κ2) is 11.3. The van der Waals surface area contributed by atoms with E-state index in [1.807, 2.05) is 6.92 Å². The predicted molar refractivity (Wildman–Crippen MR) is 109 cm³/mol. The van der Waals surface area contributed by atoms with Gasteiger partial charge in [-0.05, 0) is 61.2 Å². The molecule has 0 saturated carbocycles. The number of benzene rings is 2. The Kier molecular flexibility index (Phi) is 8.44. The van der Waals surface area contributed by atoms with E-state index in [0.29, 0.717) is 24.4 Å². The molecule has 2 N–H and O–H groups in total. The molecule has 0 aliphatic rings. The van der Waals surface area contributed by atoms with Gasteiger partial charge in [-0.15, -0.1) is 0 Å². The highest BCUT2D eigenvalue weighted by Crippen LogP contribution is 2.28. The zero-order chi connectivity index (χ0) is 21.1. The second-order valence-electron chi connectivity index (χ2n) is 5.90. The Balaban J connectivity index is 2.22. The van der Waals surface area contributed by atoms with E-state index in [9.17, 15) is 14.0 Å². The van der Waals surface area contributed by atoms with Gasteiger partial charge in [-0.3, -0.25) is 9.59 Å². The van der Waals surface area contributed by atoms with Gasteiger partial charge >= 0.3 is 0 Å². The predicted octanol–water partition coefficient (Wildman–Crippen LogP) is 3.95. The van der Waals surface area contributed by atoms with Crippen LogP contribution in [-0.4, -0.2) is 25.8 Å². The lowest BCUT2D eigenvalue weighted by molar-refractivity contribution is -0.104. The van der Waals surface area contributed by atoms with E-state index in [-0.39, 0.29) is 17.0 Å². The van der Waals surface area contributed by atoms with Gasteiger partial charge in [-0.1, -0.05) is 6.92 Å². The van der Waals surface area contributed by atoms with Crippen molar-refractivity contribution in [2.24, 2.45) is 0 Å². The first-order valence-electron chi connectivity index (χ1n) is 9.08. The van der Waals surface area contributed by atoms with Crippen molar-refractivity contribution in [2.45, 2.75) is 13.3 Å². The molecule has 0 aliphatic carbocycles. The summed E-state index contributed by atoms with van der Waals surface area (Å²) in [5, 5.41) is 5.31. The summed E-state index contributed by atoms with van der Waals surface area (Å²) in [7, 11) is 1.67. The number of allylic oxidation sites excluding steroid dienone is 2. The van der Waals surface area contributed by atoms with Crippen molar-refractivity contribution in [1.29, 1.82) is 0 Å². The quantitative estimate of drug-likeness (QED) is 0.360. The Bertz CT molecular complexity index is 892. The van der Waals surface area contributed by atoms with Crippen molar-refractivity contribution in [3.05, 3.63) is 77.9 Å². The maximum atomic E-state index is 13.8. The van der Waals surface area contributed by atoms with E-state index >= 15 is 0 Å². The fourth-order valence-electron chi connectivity index (χ4n) is 2.30. The Morgan fingerprint density at radius 1 is 1.14 bits per heavy atom. The lowest BCUT2D eigenvalue weighted by Gasteiger charge is -2.13. The molecule has 0 fully saturated rings. The van der Waals surface area contributed by atoms with Gasteiger partial charge in [0, 0.05) is 18.8 Å². The maximum Gasteiger partial charge on any atom is 0.259 e. The third-order valence-corrected chi connectivity index (χ3v) is 3.65. The molecule has 1 amide bonds. The van der Waals surface area contributed by atoms with Crippen molar-refractivity contribution in [1.82, 2.24) is 10.6 Å². The van der Waals surface area contributed by atoms with Crippen LogP contribution in [-0.2, 0) is 4.79 Å². The third-order valence-electron chi connectivity index (χ3n) is 3.65. The molecule has 0 aromatic heterocycles. The largest absolute Gasteiger partial charge is 0.494 e. The van der Waals surface area contributed by atoms with Crippen LogP contribution in [0.15, 0.2) is 66.5 Å². The van der Waals surface area contributed by atoms with Gasteiger partial charge < -0.3 is 20.1 Å². The van der Waals surface area contributed by atoms with Crippen LogP contribution in [0.5, 0.6) is 17.2 Å². The molecule has 152 valence electrons. The average molecular weight is 398 g/mol. The van der Waals surface area contributed by atoms with Crippen molar-refractivity contribution in [3.8, 4) is 17.2 Å². The summed E-state index contributed by atoms with van der Waals surface area (Å²) < 4.78 is 25.0. The van der Waals surface area contributed by atoms with Gasteiger partial charge in [0.25, 0.3) is 5.91 Å². The second-order valence-corrected chi connectivity index (χ2v) is 5.90. The minimum absolute atomic E-state index is 0.00836. The highest BCUT2D eigenvalue weighted by atomic mass is 19.1. The number of halogens is 1. The number of carbonyl (C=O) groups excluding carboxylic acids is 2. The summed E-state index contributed by atoms with van der Waals surface area (Å²) in [5.74, 6) is 0.146. The number of amides is 1. The van der Waals surface area contributed by atoms with Crippen LogP contribution < -0.4 is 20.1 Å². The van der Waals surface area contributed by atoms with Gasteiger partial charge in [0.2, 0.25) is 0 Å². The molecular weight excluding hydrogens is 375 g/mol. The van der Waals surface area contributed by atoms with Gasteiger partial charge in [0.15, 0.2) is 0 Å². The SMILES string of the molecule is CCCOc1ccc(Oc2ccc(F)cc2C(=O)NC(/C=C\NC)=C/C=O)cc1. The number of rotatable bonds is 10. The number of aldehydes is 1. The zero-order valence-corrected chi connectivity index (χ0v) is 16.3. The molecule has 2 aromatic rings. The Hall–Kier alpha value is -3.61. The number of ether oxygens (including phenoxy) is 2. The molecule has 0 atom stereocenters. The van der Waals surface area contributed by atoms with Gasteiger partial charge in [0.05, 0.1) is 12.2 Å². The summed E-state index contributed by atoms with van der Waals surface area (Å²) >= 11 is 0. The number of nitrogens with one attached hydrogen (secondary N) is 2. The fraction of sp³-hybridized carbons (Fsp3) is 0.182. The van der Waals surface area contributed by atoms with Crippen LogP contribution >= 0.6 is 0 Å². The van der Waals surface area contributed by atoms with Gasteiger partial charge in [-0.2, -0.15) is 0 Å². The smallest absolute Gasteiger partial charge is 0.259 e. The number of hydrogen-bond donors (Lipinski definition) is 2. The molecular formula is C22H23FN2O4. The van der Waals surface area contributed by atoms with E-state index in [1.165, 1.54) is 24.3 Å². The molecule has 7 heteroatoms. The summed E-state index contributed by atoms with van der Waals surface area (Å²) in [6.07, 6.45) is 5.67. The van der Waals surface area contributed by atoms with E-state index < -0.39 is 11.7 Å². The Labute approximate surface area is 169 Å². The molecule has 0 saturated heterocycles. The molecule has 6 nitrogen and oxygen atoms in total. The first-order chi connectivity index (χ1) is 14.1. The lowest BCUT2D eigenvalue weighted by Crippen LogP contribution is -2.23. The monoisotopic (exact) mass is 398 g/mol. The molecule has 2 aromatic carbocycles. The van der Waals surface area contributed by atoms with Crippen molar-refractivity contribution in [2.75, 3.05) is 13.7 Å². The highest BCUT2D eigenvalue weighted by Gasteiger charge is 2.15. The average Bonchev–Trinajstić information content (AvgIpc) is 2.72. The molecule has 0 heterocycles. The maximum absolute atomic E-state index is 13.8. The molecule has 2 rings (SSSR count). The first kappa shape index (κ1) is 21.7. The third kappa shape index (κ3) is 6.80. The van der Waals surface area contributed by atoms with Crippen LogP contribution in [0.1, 0.15) is 23.7 Å². The van der Waals surface area contributed by atoms with Crippen LogP contribution in [0.4, 0.5) is 4.39 Å². The molecule has 0 radical (unpaired) electrons. The standard InChI is InChI=1S/C22H23FN2O4/c1-3-14-28-18-5-7-19(8-6-18)29-21-9-4-16(23)15-20(21)22(27)25-17(11-13-26)10-12-24-2/h4-13,15,24H,3,14H2,1-2H3,(H,25,27)/b12-10-,17-11+. The van der Waals surface area contributed by atoms with Crippen molar-refractivity contribution >= 4 is 12.2 Å². The molecule has 29 heavy (non-hydrogen) atoms. The summed E-state index contributed by atoms with van der Waals surface area (Å²) in [4.78, 5) is 23.4. The fourth-order valence-corrected chi connectivity index (χ4v) is 2.30. The van der Waals surface area contributed by atoms with Crippen molar-refractivity contribution < 1.29 is 23.5 Å². The highest BCUT2D eigenvalue weighted by molar-refractivity contribution is 5.98. The van der Waals surface area contributed by atoms with Gasteiger partial charge in [-0.25, -0.2) is 4.39 Å². The molecule has 0 aliphatic heterocycles. The number of carbonyl (C=O) groups is 2. The summed E-state index contributed by atoms with van der Waals surface area (Å²) in [6, 6.07) is 10.5. The van der Waals surface area contributed by atoms with Crippen LogP contribution in [0, 0.1) is 5.82 Å². The van der Waals surface area contributed by atoms with Crippen molar-refractivity contribution in [3.63, 3.8) is 0 Å². The first-order valence-corrected chi connectivity index (χ1v) is 9.08. The minimum atomic E-state index is -0.615. The van der Waals surface area contributed by atoms with Crippen LogP contribution in [0.2, 0.25) is 0 Å². The van der Waals surface area contributed by atoms with E-state index in [2.05, 4.69) is 10.6 Å². The summed E-state index contributed by atoms with van der Waals surface area (Å²) in [6.45, 7) is 2.63. The Morgan fingerprint density at radius 2 is 1.86 bits per heavy atom. The molecule has 0 unspecified atom stereocenters. The normalized spacial score (nSPS) is 11.2. The topological polar surface area (TPSA) is 76.7 Å². The minimum Gasteiger partial charge on any atom is -0.494 e. The molecule has 0 bridgehead atoms. The summed E-state index contributed by atoms with van der Waals surface area (Å²) in [5.41, 5.74) is 0.234.